The average molecular weight is 250 g/mol. The van der Waals surface area contributed by atoms with Gasteiger partial charge in [-0.3, -0.25) is 4.79 Å². The molecule has 0 radical (unpaired) electrons. The van der Waals surface area contributed by atoms with E-state index in [1.54, 1.807) is 0 Å². The summed E-state index contributed by atoms with van der Waals surface area (Å²) in [6, 6.07) is 7.96. The summed E-state index contributed by atoms with van der Waals surface area (Å²) in [6.45, 7) is 6.61. The number of benzene rings is 1. The maximum atomic E-state index is 10.8. The smallest absolute Gasteiger partial charge is 0.218 e. The zero-order valence-electron chi connectivity index (χ0n) is 11.3. The fourth-order valence-corrected chi connectivity index (χ4v) is 1.68. The van der Waals surface area contributed by atoms with E-state index in [0.29, 0.717) is 13.0 Å². The highest BCUT2D eigenvalue weighted by Gasteiger charge is 2.08. The van der Waals surface area contributed by atoms with Crippen molar-refractivity contribution in [1.82, 2.24) is 5.32 Å². The highest BCUT2D eigenvalue weighted by atomic mass is 16.5. The van der Waals surface area contributed by atoms with Crippen LogP contribution < -0.4 is 15.8 Å². The van der Waals surface area contributed by atoms with Crippen LogP contribution in [-0.4, -0.2) is 18.1 Å². The second-order valence-electron chi connectivity index (χ2n) is 4.73. The van der Waals surface area contributed by atoms with Crippen LogP contribution in [0.25, 0.3) is 0 Å². The fraction of sp³-hybridized carbons (Fsp3) is 0.500. The number of carbonyl (C=O) groups excluding carboxylic acids is 1. The van der Waals surface area contributed by atoms with Gasteiger partial charge in [-0.2, -0.15) is 0 Å². The molecule has 0 bridgehead atoms. The number of hydrogen-bond acceptors (Lipinski definition) is 3. The van der Waals surface area contributed by atoms with Gasteiger partial charge in [0.05, 0.1) is 6.10 Å². The molecular formula is C14H22N2O2. The topological polar surface area (TPSA) is 64.4 Å². The van der Waals surface area contributed by atoms with Crippen molar-refractivity contribution in [3.8, 4) is 5.75 Å². The van der Waals surface area contributed by atoms with Gasteiger partial charge in [0.25, 0.3) is 0 Å². The lowest BCUT2D eigenvalue weighted by Crippen LogP contribution is -2.30. The van der Waals surface area contributed by atoms with Gasteiger partial charge in [-0.25, -0.2) is 0 Å². The highest BCUT2D eigenvalue weighted by molar-refractivity contribution is 5.74. The SMILES string of the molecule is CC(CC(N)=O)NCc1ccccc1OC(C)C. The van der Waals surface area contributed by atoms with Crippen LogP contribution >= 0.6 is 0 Å². The Morgan fingerprint density at radius 3 is 2.61 bits per heavy atom. The van der Waals surface area contributed by atoms with Gasteiger partial charge >= 0.3 is 0 Å². The van der Waals surface area contributed by atoms with Crippen molar-refractivity contribution in [2.24, 2.45) is 5.73 Å². The van der Waals surface area contributed by atoms with E-state index in [2.05, 4.69) is 5.32 Å². The summed E-state index contributed by atoms with van der Waals surface area (Å²) in [5.41, 5.74) is 6.24. The molecule has 1 aromatic carbocycles. The van der Waals surface area contributed by atoms with Crippen molar-refractivity contribution < 1.29 is 9.53 Å². The lowest BCUT2D eigenvalue weighted by Gasteiger charge is -2.16. The quantitative estimate of drug-likeness (QED) is 0.776. The lowest BCUT2D eigenvalue weighted by molar-refractivity contribution is -0.118. The first kappa shape index (κ1) is 14.5. The van der Waals surface area contributed by atoms with Crippen molar-refractivity contribution in [3.63, 3.8) is 0 Å². The molecular weight excluding hydrogens is 228 g/mol. The molecule has 0 heterocycles. The standard InChI is InChI=1S/C14H22N2O2/c1-10(2)18-13-7-5-4-6-12(13)9-16-11(3)8-14(15)17/h4-7,10-11,16H,8-9H2,1-3H3,(H2,15,17). The third-order valence-electron chi connectivity index (χ3n) is 2.48. The summed E-state index contributed by atoms with van der Waals surface area (Å²) in [6.07, 6.45) is 0.488. The first-order chi connectivity index (χ1) is 8.49. The van der Waals surface area contributed by atoms with Crippen molar-refractivity contribution in [1.29, 1.82) is 0 Å². The molecule has 1 amide bonds. The first-order valence-electron chi connectivity index (χ1n) is 6.25. The van der Waals surface area contributed by atoms with Gasteiger partial charge < -0.3 is 15.8 Å². The maximum absolute atomic E-state index is 10.8. The summed E-state index contributed by atoms with van der Waals surface area (Å²) in [4.78, 5) is 10.8. The number of amides is 1. The molecule has 1 atom stereocenters. The van der Waals surface area contributed by atoms with E-state index in [9.17, 15) is 4.79 Å². The van der Waals surface area contributed by atoms with E-state index in [1.807, 2.05) is 45.0 Å². The van der Waals surface area contributed by atoms with Gasteiger partial charge in [0.1, 0.15) is 5.75 Å². The van der Waals surface area contributed by atoms with E-state index in [4.69, 9.17) is 10.5 Å². The van der Waals surface area contributed by atoms with Gasteiger partial charge in [-0.1, -0.05) is 18.2 Å². The molecule has 0 saturated heterocycles. The molecule has 0 spiro atoms. The largest absolute Gasteiger partial charge is 0.491 e. The molecule has 0 aromatic heterocycles. The van der Waals surface area contributed by atoms with Crippen molar-refractivity contribution in [2.45, 2.75) is 45.9 Å². The van der Waals surface area contributed by atoms with E-state index in [0.717, 1.165) is 11.3 Å². The van der Waals surface area contributed by atoms with E-state index in [1.165, 1.54) is 0 Å². The number of hydrogen-bond donors (Lipinski definition) is 2. The predicted molar refractivity (Wildman–Crippen MR) is 72.3 cm³/mol. The molecule has 0 aliphatic rings. The van der Waals surface area contributed by atoms with Crippen LogP contribution in [0.4, 0.5) is 0 Å². The Balaban J connectivity index is 2.58. The average Bonchev–Trinajstić information content (AvgIpc) is 2.26. The number of nitrogens with two attached hydrogens (primary N) is 1. The minimum Gasteiger partial charge on any atom is -0.491 e. The fourth-order valence-electron chi connectivity index (χ4n) is 1.68. The molecule has 1 unspecified atom stereocenters. The van der Waals surface area contributed by atoms with Crippen LogP contribution in [0.1, 0.15) is 32.8 Å². The monoisotopic (exact) mass is 250 g/mol. The van der Waals surface area contributed by atoms with Crippen LogP contribution in [0.15, 0.2) is 24.3 Å². The van der Waals surface area contributed by atoms with E-state index < -0.39 is 0 Å². The maximum Gasteiger partial charge on any atom is 0.218 e. The summed E-state index contributed by atoms with van der Waals surface area (Å²) < 4.78 is 5.73. The lowest BCUT2D eigenvalue weighted by atomic mass is 10.1. The Kier molecular flexibility index (Phi) is 5.65. The molecule has 4 nitrogen and oxygen atoms in total. The summed E-state index contributed by atoms with van der Waals surface area (Å²) in [5.74, 6) is 0.591. The van der Waals surface area contributed by atoms with Crippen molar-refractivity contribution >= 4 is 5.91 Å². The molecule has 0 saturated carbocycles. The second kappa shape index (κ2) is 7.01. The Morgan fingerprint density at radius 1 is 1.33 bits per heavy atom. The zero-order chi connectivity index (χ0) is 13.5. The summed E-state index contributed by atoms with van der Waals surface area (Å²) >= 11 is 0. The Hall–Kier alpha value is -1.55. The van der Waals surface area contributed by atoms with Crippen LogP contribution in [-0.2, 0) is 11.3 Å². The number of para-hydroxylation sites is 1. The molecule has 0 aliphatic carbocycles. The molecule has 4 heteroatoms. The Bertz CT molecular complexity index is 391. The van der Waals surface area contributed by atoms with Gasteiger partial charge in [0.15, 0.2) is 0 Å². The number of ether oxygens (including phenoxy) is 1. The minimum absolute atomic E-state index is 0.0645. The van der Waals surface area contributed by atoms with Gasteiger partial charge in [0, 0.05) is 24.6 Å². The second-order valence-corrected chi connectivity index (χ2v) is 4.73. The van der Waals surface area contributed by atoms with Gasteiger partial charge in [-0.05, 0) is 26.8 Å². The zero-order valence-corrected chi connectivity index (χ0v) is 11.3. The highest BCUT2D eigenvalue weighted by Crippen LogP contribution is 2.19. The Labute approximate surface area is 109 Å². The Morgan fingerprint density at radius 2 is 2.00 bits per heavy atom. The van der Waals surface area contributed by atoms with Crippen LogP contribution in [0.3, 0.4) is 0 Å². The molecule has 0 fully saturated rings. The van der Waals surface area contributed by atoms with Crippen LogP contribution in [0.5, 0.6) is 5.75 Å². The van der Waals surface area contributed by atoms with Gasteiger partial charge in [0.2, 0.25) is 5.91 Å². The predicted octanol–water partition coefficient (Wildman–Crippen LogP) is 1.83. The summed E-state index contributed by atoms with van der Waals surface area (Å²) in [5, 5.41) is 3.26. The number of nitrogens with one attached hydrogen (secondary N) is 1. The van der Waals surface area contributed by atoms with Crippen LogP contribution in [0.2, 0.25) is 0 Å². The normalized spacial score (nSPS) is 12.4. The van der Waals surface area contributed by atoms with E-state index in [-0.39, 0.29) is 18.1 Å². The van der Waals surface area contributed by atoms with Crippen LogP contribution in [0, 0.1) is 0 Å². The molecule has 1 rings (SSSR count). The summed E-state index contributed by atoms with van der Waals surface area (Å²) in [7, 11) is 0. The number of primary amides is 1. The molecule has 1 aromatic rings. The van der Waals surface area contributed by atoms with Crippen molar-refractivity contribution in [2.75, 3.05) is 0 Å². The minimum atomic E-state index is -0.290. The molecule has 100 valence electrons. The van der Waals surface area contributed by atoms with Crippen molar-refractivity contribution in [3.05, 3.63) is 29.8 Å². The van der Waals surface area contributed by atoms with Gasteiger partial charge in [-0.15, -0.1) is 0 Å². The molecule has 0 aliphatic heterocycles. The van der Waals surface area contributed by atoms with E-state index >= 15 is 0 Å². The first-order valence-corrected chi connectivity index (χ1v) is 6.25. The third-order valence-corrected chi connectivity index (χ3v) is 2.48. The number of rotatable bonds is 7. The number of carbonyl (C=O) groups is 1. The third kappa shape index (κ3) is 5.19. The molecule has 18 heavy (non-hydrogen) atoms. The molecule has 3 N–H and O–H groups in total.